The van der Waals surface area contributed by atoms with Crippen molar-refractivity contribution in [2.45, 2.75) is 75.9 Å². The summed E-state index contributed by atoms with van der Waals surface area (Å²) in [5, 5.41) is 13.6. The van der Waals surface area contributed by atoms with E-state index >= 15 is 0 Å². The number of methoxy groups -OCH3 is 1. The van der Waals surface area contributed by atoms with Crippen LogP contribution in [0.1, 0.15) is 57.8 Å². The van der Waals surface area contributed by atoms with Gasteiger partial charge in [0.25, 0.3) is 0 Å². The van der Waals surface area contributed by atoms with E-state index in [-0.39, 0.29) is 18.0 Å². The molecular weight excluding hydrogens is 418 g/mol. The summed E-state index contributed by atoms with van der Waals surface area (Å²) in [5.41, 5.74) is 0. The fourth-order valence-electron chi connectivity index (χ4n) is 6.26. The van der Waals surface area contributed by atoms with Crippen LogP contribution in [0.2, 0.25) is 0 Å². The molecule has 4 aliphatic heterocycles. The molecule has 4 aliphatic rings. The van der Waals surface area contributed by atoms with Gasteiger partial charge in [-0.2, -0.15) is 0 Å². The van der Waals surface area contributed by atoms with Crippen LogP contribution in [-0.2, 0) is 14.3 Å². The summed E-state index contributed by atoms with van der Waals surface area (Å²) in [6.07, 6.45) is 9.70. The number of nitrogens with zero attached hydrogens (tertiary/aromatic N) is 1. The average molecular weight is 464 g/mol. The Morgan fingerprint density at radius 2 is 1.85 bits per heavy atom. The lowest BCUT2D eigenvalue weighted by atomic mass is 9.90. The minimum Gasteiger partial charge on any atom is -0.384 e. The Balaban J connectivity index is 1.04. The van der Waals surface area contributed by atoms with Crippen LogP contribution in [0.15, 0.2) is 0 Å². The molecule has 2 amide bonds. The second-order valence-electron chi connectivity index (χ2n) is 10.7. The first-order valence-corrected chi connectivity index (χ1v) is 13.4. The Hall–Kier alpha value is -1.22. The van der Waals surface area contributed by atoms with E-state index in [1.807, 2.05) is 0 Å². The lowest BCUT2D eigenvalue weighted by molar-refractivity contribution is -0.135. The second kappa shape index (κ2) is 12.5. The number of carbonyl (C=O) groups excluding carboxylic acids is 2. The molecule has 8 heteroatoms. The first-order chi connectivity index (χ1) is 16.1. The predicted molar refractivity (Wildman–Crippen MR) is 129 cm³/mol. The number of unbranched alkanes of at least 4 members (excludes halogenated alkanes) is 1. The third kappa shape index (κ3) is 6.90. The standard InChI is InChI=1S/C25H45N5O3/c1-33-17-19-5-6-22(28-15-19)25(32)30-12-8-18(9-13-30)4-2-3-10-27-24(31)23-14-20-16-26-11-7-21(20)29-23/h18-23,26,28-29H,2-17H2,1H3,(H,27,31). The Morgan fingerprint density at radius 1 is 1.00 bits per heavy atom. The van der Waals surface area contributed by atoms with E-state index in [4.69, 9.17) is 4.74 Å². The van der Waals surface area contributed by atoms with Crippen molar-refractivity contribution in [3.63, 3.8) is 0 Å². The van der Waals surface area contributed by atoms with Crippen LogP contribution in [0.4, 0.5) is 0 Å². The summed E-state index contributed by atoms with van der Waals surface area (Å²) in [6.45, 7) is 6.32. The van der Waals surface area contributed by atoms with Crippen LogP contribution in [0.25, 0.3) is 0 Å². The highest BCUT2D eigenvalue weighted by Gasteiger charge is 2.38. The lowest BCUT2D eigenvalue weighted by Crippen LogP contribution is -2.52. The van der Waals surface area contributed by atoms with E-state index in [9.17, 15) is 9.59 Å². The number of piperidine rings is 3. The van der Waals surface area contributed by atoms with Crippen LogP contribution in [-0.4, -0.2) is 87.8 Å². The molecule has 0 aromatic rings. The van der Waals surface area contributed by atoms with Gasteiger partial charge in [0.05, 0.1) is 18.7 Å². The first kappa shape index (κ1) is 24.9. The molecule has 4 fully saturated rings. The van der Waals surface area contributed by atoms with Gasteiger partial charge >= 0.3 is 0 Å². The maximum atomic E-state index is 12.9. The summed E-state index contributed by atoms with van der Waals surface area (Å²) < 4.78 is 5.24. The molecule has 4 N–H and O–H groups in total. The van der Waals surface area contributed by atoms with Gasteiger partial charge in [-0.1, -0.05) is 12.8 Å². The molecule has 0 aromatic carbocycles. The molecule has 8 nitrogen and oxygen atoms in total. The molecule has 188 valence electrons. The van der Waals surface area contributed by atoms with Gasteiger partial charge < -0.3 is 30.9 Å². The van der Waals surface area contributed by atoms with E-state index in [0.717, 1.165) is 97.2 Å². The maximum absolute atomic E-state index is 12.9. The molecule has 0 aliphatic carbocycles. The summed E-state index contributed by atoms with van der Waals surface area (Å²) in [7, 11) is 1.74. The van der Waals surface area contributed by atoms with Crippen molar-refractivity contribution in [2.75, 3.05) is 53.0 Å². The molecule has 0 aromatic heterocycles. The van der Waals surface area contributed by atoms with E-state index in [0.29, 0.717) is 29.7 Å². The number of nitrogens with one attached hydrogen (secondary N) is 4. The quantitative estimate of drug-likeness (QED) is 0.379. The van der Waals surface area contributed by atoms with Crippen molar-refractivity contribution in [3.05, 3.63) is 0 Å². The number of likely N-dealkylation sites (tertiary alicyclic amines) is 1. The molecule has 4 heterocycles. The number of amides is 2. The second-order valence-corrected chi connectivity index (χ2v) is 10.7. The van der Waals surface area contributed by atoms with Crippen molar-refractivity contribution in [1.29, 1.82) is 0 Å². The highest BCUT2D eigenvalue weighted by molar-refractivity contribution is 5.82. The van der Waals surface area contributed by atoms with Gasteiger partial charge in [0.15, 0.2) is 0 Å². The monoisotopic (exact) mass is 463 g/mol. The normalized spacial score (nSPS) is 33.0. The van der Waals surface area contributed by atoms with Crippen molar-refractivity contribution in [3.8, 4) is 0 Å². The van der Waals surface area contributed by atoms with Crippen molar-refractivity contribution < 1.29 is 14.3 Å². The molecule has 5 unspecified atom stereocenters. The summed E-state index contributed by atoms with van der Waals surface area (Å²) in [5.74, 6) is 2.32. The van der Waals surface area contributed by atoms with Gasteiger partial charge in [0.2, 0.25) is 11.8 Å². The smallest absolute Gasteiger partial charge is 0.239 e. The zero-order valence-electron chi connectivity index (χ0n) is 20.4. The van der Waals surface area contributed by atoms with Crippen molar-refractivity contribution in [1.82, 2.24) is 26.2 Å². The topological polar surface area (TPSA) is 94.7 Å². The number of hydrogen-bond donors (Lipinski definition) is 4. The summed E-state index contributed by atoms with van der Waals surface area (Å²) in [6, 6.07) is 0.500. The van der Waals surface area contributed by atoms with E-state index < -0.39 is 0 Å². The fraction of sp³-hybridized carbons (Fsp3) is 0.920. The molecular formula is C25H45N5O3. The number of rotatable bonds is 9. The third-order valence-corrected chi connectivity index (χ3v) is 8.36. The van der Waals surface area contributed by atoms with Gasteiger partial charge in [0.1, 0.15) is 0 Å². The minimum absolute atomic E-state index is 0.00663. The maximum Gasteiger partial charge on any atom is 0.239 e. The SMILES string of the molecule is COCC1CCC(C(=O)N2CCC(CCCCNC(=O)C3CC4CNCCC4N3)CC2)NC1. The molecule has 4 rings (SSSR count). The Bertz CT molecular complexity index is 618. The van der Waals surface area contributed by atoms with Gasteiger partial charge in [0, 0.05) is 39.3 Å². The molecule has 0 bridgehead atoms. The van der Waals surface area contributed by atoms with Crippen molar-refractivity contribution >= 4 is 11.8 Å². The predicted octanol–water partition coefficient (Wildman–Crippen LogP) is 0.866. The average Bonchev–Trinajstić information content (AvgIpc) is 3.29. The molecule has 0 spiro atoms. The Morgan fingerprint density at radius 3 is 2.58 bits per heavy atom. The summed E-state index contributed by atoms with van der Waals surface area (Å²) >= 11 is 0. The minimum atomic E-state index is -0.00807. The van der Waals surface area contributed by atoms with Crippen LogP contribution in [0.5, 0.6) is 0 Å². The van der Waals surface area contributed by atoms with Gasteiger partial charge in [-0.25, -0.2) is 0 Å². The van der Waals surface area contributed by atoms with Crippen molar-refractivity contribution in [2.24, 2.45) is 17.8 Å². The number of hydrogen-bond acceptors (Lipinski definition) is 6. The first-order valence-electron chi connectivity index (χ1n) is 13.4. The van der Waals surface area contributed by atoms with E-state index in [1.165, 1.54) is 6.42 Å². The molecule has 4 saturated heterocycles. The summed E-state index contributed by atoms with van der Waals surface area (Å²) in [4.78, 5) is 27.4. The van der Waals surface area contributed by atoms with Crippen LogP contribution in [0.3, 0.4) is 0 Å². The highest BCUT2D eigenvalue weighted by atomic mass is 16.5. The van der Waals surface area contributed by atoms with Crippen LogP contribution >= 0.6 is 0 Å². The zero-order chi connectivity index (χ0) is 23.0. The van der Waals surface area contributed by atoms with E-state index in [2.05, 4.69) is 26.2 Å². The number of carbonyl (C=O) groups is 2. The van der Waals surface area contributed by atoms with Crippen LogP contribution < -0.4 is 21.3 Å². The van der Waals surface area contributed by atoms with Crippen LogP contribution in [0, 0.1) is 17.8 Å². The zero-order valence-corrected chi connectivity index (χ0v) is 20.4. The fourth-order valence-corrected chi connectivity index (χ4v) is 6.26. The Kier molecular flexibility index (Phi) is 9.41. The lowest BCUT2D eigenvalue weighted by Gasteiger charge is -2.36. The van der Waals surface area contributed by atoms with Gasteiger partial charge in [-0.15, -0.1) is 0 Å². The molecule has 33 heavy (non-hydrogen) atoms. The number of fused-ring (bicyclic) bond motifs is 1. The number of ether oxygens (including phenoxy) is 1. The van der Waals surface area contributed by atoms with Gasteiger partial charge in [-0.3, -0.25) is 9.59 Å². The third-order valence-electron chi connectivity index (χ3n) is 8.36. The van der Waals surface area contributed by atoms with Gasteiger partial charge in [-0.05, 0) is 75.8 Å². The molecule has 0 saturated carbocycles. The Labute approximate surface area is 199 Å². The molecule has 5 atom stereocenters. The largest absolute Gasteiger partial charge is 0.384 e. The molecule has 0 radical (unpaired) electrons. The van der Waals surface area contributed by atoms with E-state index in [1.54, 1.807) is 7.11 Å². The highest BCUT2D eigenvalue weighted by Crippen LogP contribution is 2.26.